The molecule has 0 aromatic heterocycles. The molecule has 0 aliphatic rings. The van der Waals surface area contributed by atoms with Crippen LogP contribution in [0.15, 0.2) is 0 Å². The van der Waals surface area contributed by atoms with Crippen LogP contribution in [0.3, 0.4) is 0 Å². The fourth-order valence-corrected chi connectivity index (χ4v) is 1.79. The first kappa shape index (κ1) is 13.3. The maximum Gasteiger partial charge on any atom is 0.0627 e. The molecule has 1 atom stereocenters. The standard InChI is InChI=1S/C10H23NOS/c1-6-12-7-9(11-5)8-13-10(2,3)4/h9,11H,6-8H2,1-5H3. The van der Waals surface area contributed by atoms with Crippen LogP contribution in [0.25, 0.3) is 0 Å². The topological polar surface area (TPSA) is 21.3 Å². The summed E-state index contributed by atoms with van der Waals surface area (Å²) in [6, 6.07) is 0.476. The van der Waals surface area contributed by atoms with Gasteiger partial charge in [0.05, 0.1) is 6.61 Å². The normalized spacial score (nSPS) is 14.5. The first-order valence-corrected chi connectivity index (χ1v) is 5.87. The number of hydrogen-bond acceptors (Lipinski definition) is 3. The molecule has 2 nitrogen and oxygen atoms in total. The Labute approximate surface area is 86.8 Å². The maximum absolute atomic E-state index is 5.38. The molecule has 0 fully saturated rings. The SMILES string of the molecule is CCOCC(CSC(C)(C)C)NC. The first-order valence-electron chi connectivity index (χ1n) is 4.88. The van der Waals surface area contributed by atoms with Crippen molar-refractivity contribution in [2.75, 3.05) is 26.0 Å². The minimum atomic E-state index is 0.349. The molecule has 0 radical (unpaired) electrons. The molecule has 0 aliphatic heterocycles. The van der Waals surface area contributed by atoms with Gasteiger partial charge in [-0.1, -0.05) is 20.8 Å². The molecule has 0 spiro atoms. The molecule has 0 rings (SSSR count). The zero-order valence-corrected chi connectivity index (χ0v) is 10.3. The number of nitrogens with one attached hydrogen (secondary N) is 1. The highest BCUT2D eigenvalue weighted by Crippen LogP contribution is 2.23. The summed E-state index contributed by atoms with van der Waals surface area (Å²) >= 11 is 1.97. The summed E-state index contributed by atoms with van der Waals surface area (Å²) in [5.41, 5.74) is 0. The van der Waals surface area contributed by atoms with Gasteiger partial charge in [0.1, 0.15) is 0 Å². The van der Waals surface area contributed by atoms with Crippen LogP contribution in [0, 0.1) is 0 Å². The third-order valence-electron chi connectivity index (χ3n) is 1.65. The zero-order chi connectivity index (χ0) is 10.3. The van der Waals surface area contributed by atoms with Crippen LogP contribution < -0.4 is 5.32 Å². The highest BCUT2D eigenvalue weighted by Gasteiger charge is 2.14. The minimum absolute atomic E-state index is 0.349. The van der Waals surface area contributed by atoms with Crippen LogP contribution in [-0.2, 0) is 4.74 Å². The predicted octanol–water partition coefficient (Wildman–Crippen LogP) is 2.14. The molecule has 13 heavy (non-hydrogen) atoms. The molecule has 0 aromatic carbocycles. The van der Waals surface area contributed by atoms with E-state index in [1.54, 1.807) is 0 Å². The van der Waals surface area contributed by atoms with E-state index >= 15 is 0 Å². The molecule has 1 unspecified atom stereocenters. The van der Waals surface area contributed by atoms with Crippen molar-refractivity contribution in [3.8, 4) is 0 Å². The molecule has 3 heteroatoms. The molecule has 0 heterocycles. The monoisotopic (exact) mass is 205 g/mol. The lowest BCUT2D eigenvalue weighted by Gasteiger charge is -2.22. The van der Waals surface area contributed by atoms with E-state index in [-0.39, 0.29) is 0 Å². The first-order chi connectivity index (χ1) is 5.99. The number of rotatable bonds is 6. The second-order valence-electron chi connectivity index (χ2n) is 4.07. The van der Waals surface area contributed by atoms with Crippen LogP contribution in [0.2, 0.25) is 0 Å². The van der Waals surface area contributed by atoms with E-state index in [0.29, 0.717) is 10.8 Å². The zero-order valence-electron chi connectivity index (χ0n) is 9.52. The lowest BCUT2D eigenvalue weighted by atomic mass is 10.3. The van der Waals surface area contributed by atoms with Gasteiger partial charge in [0.25, 0.3) is 0 Å². The van der Waals surface area contributed by atoms with Gasteiger partial charge in [-0.05, 0) is 14.0 Å². The molecule has 0 bridgehead atoms. The Bertz CT molecular complexity index is 123. The molecule has 1 N–H and O–H groups in total. The Morgan fingerprint density at radius 1 is 1.38 bits per heavy atom. The van der Waals surface area contributed by atoms with E-state index in [0.717, 1.165) is 19.0 Å². The van der Waals surface area contributed by atoms with Gasteiger partial charge in [-0.2, -0.15) is 11.8 Å². The van der Waals surface area contributed by atoms with Gasteiger partial charge >= 0.3 is 0 Å². The van der Waals surface area contributed by atoms with Crippen molar-refractivity contribution >= 4 is 11.8 Å². The average Bonchev–Trinajstić information content (AvgIpc) is 2.03. The van der Waals surface area contributed by atoms with Crippen LogP contribution >= 0.6 is 11.8 Å². The Hall–Kier alpha value is 0.270. The Morgan fingerprint density at radius 3 is 2.38 bits per heavy atom. The highest BCUT2D eigenvalue weighted by atomic mass is 32.2. The van der Waals surface area contributed by atoms with Crippen molar-refractivity contribution in [1.29, 1.82) is 0 Å². The van der Waals surface area contributed by atoms with Crippen LogP contribution in [0.4, 0.5) is 0 Å². The molecular formula is C10H23NOS. The Balaban J connectivity index is 3.59. The summed E-state index contributed by atoms with van der Waals surface area (Å²) in [5.74, 6) is 1.11. The molecule has 80 valence electrons. The summed E-state index contributed by atoms with van der Waals surface area (Å²) in [6.07, 6.45) is 0. The minimum Gasteiger partial charge on any atom is -0.380 e. The van der Waals surface area contributed by atoms with Crippen molar-refractivity contribution in [3.05, 3.63) is 0 Å². The van der Waals surface area contributed by atoms with Crippen LogP contribution in [0.5, 0.6) is 0 Å². The van der Waals surface area contributed by atoms with Crippen molar-refractivity contribution in [1.82, 2.24) is 5.32 Å². The van der Waals surface area contributed by atoms with Gasteiger partial charge in [-0.3, -0.25) is 0 Å². The summed E-state index contributed by atoms with van der Waals surface area (Å²) in [4.78, 5) is 0. The summed E-state index contributed by atoms with van der Waals surface area (Å²) in [7, 11) is 1.99. The summed E-state index contributed by atoms with van der Waals surface area (Å²) < 4.78 is 5.72. The number of thioether (sulfide) groups is 1. The third kappa shape index (κ3) is 8.60. The molecule has 0 aromatic rings. The fourth-order valence-electron chi connectivity index (χ4n) is 0.825. The quantitative estimate of drug-likeness (QED) is 0.718. The highest BCUT2D eigenvalue weighted by molar-refractivity contribution is 8.00. The lowest BCUT2D eigenvalue weighted by Crippen LogP contribution is -2.34. The molecular weight excluding hydrogens is 182 g/mol. The Kier molecular flexibility index (Phi) is 6.82. The molecule has 0 aliphatic carbocycles. The Morgan fingerprint density at radius 2 is 2.00 bits per heavy atom. The van der Waals surface area contributed by atoms with E-state index < -0.39 is 0 Å². The van der Waals surface area contributed by atoms with Gasteiger partial charge < -0.3 is 10.1 Å². The second-order valence-corrected chi connectivity index (χ2v) is 5.92. The van der Waals surface area contributed by atoms with E-state index in [1.807, 2.05) is 25.7 Å². The van der Waals surface area contributed by atoms with Crippen molar-refractivity contribution in [2.24, 2.45) is 0 Å². The third-order valence-corrected chi connectivity index (χ3v) is 3.08. The van der Waals surface area contributed by atoms with Gasteiger partial charge in [0.15, 0.2) is 0 Å². The summed E-state index contributed by atoms with van der Waals surface area (Å²) in [6.45, 7) is 10.4. The maximum atomic E-state index is 5.38. The van der Waals surface area contributed by atoms with Crippen molar-refractivity contribution in [2.45, 2.75) is 38.5 Å². The van der Waals surface area contributed by atoms with Crippen LogP contribution in [0.1, 0.15) is 27.7 Å². The second kappa shape index (κ2) is 6.68. The number of ether oxygens (including phenoxy) is 1. The molecule has 0 saturated heterocycles. The van der Waals surface area contributed by atoms with E-state index in [4.69, 9.17) is 4.74 Å². The van der Waals surface area contributed by atoms with Gasteiger partial charge in [0.2, 0.25) is 0 Å². The summed E-state index contributed by atoms with van der Waals surface area (Å²) in [5, 5.41) is 3.26. The van der Waals surface area contributed by atoms with Crippen LogP contribution in [-0.4, -0.2) is 36.8 Å². The van der Waals surface area contributed by atoms with Gasteiger partial charge in [-0.25, -0.2) is 0 Å². The number of likely N-dealkylation sites (N-methyl/N-ethyl adjacent to an activating group) is 1. The van der Waals surface area contributed by atoms with E-state index in [9.17, 15) is 0 Å². The predicted molar refractivity (Wildman–Crippen MR) is 61.6 cm³/mol. The van der Waals surface area contributed by atoms with Crippen molar-refractivity contribution in [3.63, 3.8) is 0 Å². The van der Waals surface area contributed by atoms with Gasteiger partial charge in [0, 0.05) is 23.1 Å². The van der Waals surface area contributed by atoms with E-state index in [1.165, 1.54) is 0 Å². The smallest absolute Gasteiger partial charge is 0.0627 e. The molecule has 0 saturated carbocycles. The van der Waals surface area contributed by atoms with E-state index in [2.05, 4.69) is 26.1 Å². The van der Waals surface area contributed by atoms with Gasteiger partial charge in [-0.15, -0.1) is 0 Å². The number of hydrogen-bond donors (Lipinski definition) is 1. The largest absolute Gasteiger partial charge is 0.380 e. The average molecular weight is 205 g/mol. The fraction of sp³-hybridized carbons (Fsp3) is 1.00. The van der Waals surface area contributed by atoms with Crippen molar-refractivity contribution < 1.29 is 4.74 Å². The lowest BCUT2D eigenvalue weighted by molar-refractivity contribution is 0.131. The molecule has 0 amide bonds.